The molecule has 0 aliphatic heterocycles. The second-order valence-electron chi connectivity index (χ2n) is 10.3. The van der Waals surface area contributed by atoms with Gasteiger partial charge in [-0.25, -0.2) is 4.79 Å². The van der Waals surface area contributed by atoms with Crippen LogP contribution in [0.5, 0.6) is 5.75 Å². The van der Waals surface area contributed by atoms with Gasteiger partial charge >= 0.3 is 5.97 Å². The molecule has 0 aliphatic rings. The quantitative estimate of drug-likeness (QED) is 0.212. The molecule has 0 aromatic heterocycles. The number of ether oxygens (including phenoxy) is 1. The predicted octanol–water partition coefficient (Wildman–Crippen LogP) is 5.39. The van der Waals surface area contributed by atoms with Gasteiger partial charge in [-0.2, -0.15) is 0 Å². The molecule has 0 atom stereocenters. The van der Waals surface area contributed by atoms with Gasteiger partial charge < -0.3 is 15.2 Å². The molecule has 2 aromatic rings. The van der Waals surface area contributed by atoms with Crippen LogP contribution in [-0.4, -0.2) is 36.4 Å². The molecule has 0 spiro atoms. The van der Waals surface area contributed by atoms with Crippen molar-refractivity contribution in [1.82, 2.24) is 5.32 Å². The fourth-order valence-electron chi connectivity index (χ4n) is 3.26. The van der Waals surface area contributed by atoms with Gasteiger partial charge in [-0.3, -0.25) is 9.59 Å². The first-order chi connectivity index (χ1) is 15.8. The van der Waals surface area contributed by atoms with Gasteiger partial charge in [-0.1, -0.05) is 59.8 Å². The first kappa shape index (κ1) is 26.8. The lowest BCUT2D eigenvalue weighted by atomic mass is 9.79. The largest absolute Gasteiger partial charge is 0.493 e. The number of carboxylic acid groups (broad SMARTS) is 1. The van der Waals surface area contributed by atoms with Crippen molar-refractivity contribution in [2.24, 2.45) is 0 Å². The second-order valence-corrected chi connectivity index (χ2v) is 10.3. The molecule has 182 valence electrons. The van der Waals surface area contributed by atoms with Crippen LogP contribution in [0.4, 0.5) is 0 Å². The van der Waals surface area contributed by atoms with Crippen molar-refractivity contribution in [3.63, 3.8) is 0 Å². The summed E-state index contributed by atoms with van der Waals surface area (Å²) in [5, 5.41) is 12.0. The van der Waals surface area contributed by atoms with E-state index in [2.05, 4.69) is 52.9 Å². The van der Waals surface area contributed by atoms with Crippen molar-refractivity contribution in [2.75, 3.05) is 13.2 Å². The summed E-state index contributed by atoms with van der Waals surface area (Å²) in [6.07, 6.45) is 4.31. The van der Waals surface area contributed by atoms with E-state index < -0.39 is 5.97 Å². The number of carbonyl (C=O) groups excluding carboxylic acids is 2. The maximum absolute atomic E-state index is 13.1. The molecule has 0 radical (unpaired) electrons. The fraction of sp³-hybridized carbons (Fsp3) is 0.393. The molecule has 6 nitrogen and oxygen atoms in total. The van der Waals surface area contributed by atoms with E-state index in [-0.39, 0.29) is 34.5 Å². The van der Waals surface area contributed by atoms with Crippen molar-refractivity contribution < 1.29 is 24.2 Å². The van der Waals surface area contributed by atoms with Crippen molar-refractivity contribution >= 4 is 24.2 Å². The summed E-state index contributed by atoms with van der Waals surface area (Å²) >= 11 is 0. The zero-order chi connectivity index (χ0) is 25.5. The number of hydrogen-bond donors (Lipinski definition) is 2. The Bertz CT molecular complexity index is 1040. The highest BCUT2D eigenvalue weighted by molar-refractivity contribution is 6.07. The highest BCUT2D eigenvalue weighted by atomic mass is 16.5. The van der Waals surface area contributed by atoms with Crippen LogP contribution in [0.25, 0.3) is 6.08 Å². The number of nitrogens with one attached hydrogen (secondary N) is 1. The van der Waals surface area contributed by atoms with Crippen LogP contribution in [0.2, 0.25) is 0 Å². The lowest BCUT2D eigenvalue weighted by Crippen LogP contribution is -2.17. The standard InChI is InChI=1S/C28H35NO5/c1-27(2,3)21-15-20(16-22(17-21)28(4,5)6)24(31)11-9-19-8-10-23(26(32)33)25(14-19)34-13-7-12-29-18-30/h8-11,14-18H,7,12-13H2,1-6H3,(H,29,30)(H,32,33)/b11-9+. The molecule has 1 amide bonds. The third-order valence-electron chi connectivity index (χ3n) is 5.42. The molecule has 6 heteroatoms. The van der Waals surface area contributed by atoms with Crippen LogP contribution in [0.3, 0.4) is 0 Å². The first-order valence-electron chi connectivity index (χ1n) is 11.4. The average molecular weight is 466 g/mol. The van der Waals surface area contributed by atoms with Gasteiger partial charge in [0.2, 0.25) is 6.41 Å². The van der Waals surface area contributed by atoms with Gasteiger partial charge in [-0.15, -0.1) is 0 Å². The van der Waals surface area contributed by atoms with Crippen molar-refractivity contribution in [1.29, 1.82) is 0 Å². The summed E-state index contributed by atoms with van der Waals surface area (Å²) in [6.45, 7) is 13.4. The SMILES string of the molecule is CC(C)(C)c1cc(C(=O)/C=C/c2ccc(C(=O)O)c(OCCCNC=O)c2)cc(C(C)(C)C)c1. The summed E-state index contributed by atoms with van der Waals surface area (Å²) in [4.78, 5) is 34.9. The van der Waals surface area contributed by atoms with E-state index in [1.165, 1.54) is 12.1 Å². The van der Waals surface area contributed by atoms with Crippen LogP contribution in [0.1, 0.15) is 85.4 Å². The van der Waals surface area contributed by atoms with E-state index >= 15 is 0 Å². The number of carbonyl (C=O) groups is 3. The van der Waals surface area contributed by atoms with Gasteiger partial charge in [-0.05, 0) is 64.3 Å². The molecule has 0 saturated heterocycles. The fourth-order valence-corrected chi connectivity index (χ4v) is 3.26. The number of hydrogen-bond acceptors (Lipinski definition) is 4. The number of allylic oxidation sites excluding steroid dienone is 1. The number of carboxylic acids is 1. The molecule has 0 fully saturated rings. The van der Waals surface area contributed by atoms with E-state index in [0.717, 1.165) is 11.1 Å². The van der Waals surface area contributed by atoms with Crippen molar-refractivity contribution in [3.05, 3.63) is 70.3 Å². The summed E-state index contributed by atoms with van der Waals surface area (Å²) in [5.74, 6) is -0.999. The summed E-state index contributed by atoms with van der Waals surface area (Å²) in [7, 11) is 0. The Morgan fingerprint density at radius 1 is 0.971 bits per heavy atom. The minimum atomic E-state index is -1.10. The van der Waals surface area contributed by atoms with Crippen molar-refractivity contribution in [3.8, 4) is 5.75 Å². The zero-order valence-electron chi connectivity index (χ0n) is 20.9. The molecule has 0 bridgehead atoms. The molecule has 2 rings (SSSR count). The van der Waals surface area contributed by atoms with E-state index in [0.29, 0.717) is 30.5 Å². The number of amides is 1. The molecule has 2 aromatic carbocycles. The maximum atomic E-state index is 13.1. The Balaban J connectivity index is 2.30. The zero-order valence-corrected chi connectivity index (χ0v) is 20.9. The Labute approximate surface area is 202 Å². The molecule has 0 saturated carbocycles. The van der Waals surface area contributed by atoms with Crippen LogP contribution >= 0.6 is 0 Å². The van der Waals surface area contributed by atoms with E-state index in [1.807, 2.05) is 12.1 Å². The first-order valence-corrected chi connectivity index (χ1v) is 11.4. The Kier molecular flexibility index (Phi) is 8.80. The van der Waals surface area contributed by atoms with Crippen LogP contribution < -0.4 is 10.1 Å². The van der Waals surface area contributed by atoms with Gasteiger partial charge in [0.05, 0.1) is 6.61 Å². The number of rotatable bonds is 10. The predicted molar refractivity (Wildman–Crippen MR) is 135 cm³/mol. The number of aromatic carboxylic acids is 1. The van der Waals surface area contributed by atoms with E-state index in [1.54, 1.807) is 18.2 Å². The third kappa shape index (κ3) is 7.58. The van der Waals surface area contributed by atoms with Crippen molar-refractivity contribution in [2.45, 2.75) is 58.8 Å². The monoisotopic (exact) mass is 465 g/mol. The van der Waals surface area contributed by atoms with Gasteiger partial charge in [0.25, 0.3) is 0 Å². The lowest BCUT2D eigenvalue weighted by Gasteiger charge is -2.25. The number of ketones is 1. The molecule has 0 unspecified atom stereocenters. The summed E-state index contributed by atoms with van der Waals surface area (Å²) < 4.78 is 5.63. The second kappa shape index (κ2) is 11.1. The number of benzene rings is 2. The molecule has 34 heavy (non-hydrogen) atoms. The minimum Gasteiger partial charge on any atom is -0.493 e. The van der Waals surface area contributed by atoms with Gasteiger partial charge in [0.1, 0.15) is 11.3 Å². The topological polar surface area (TPSA) is 92.7 Å². The smallest absolute Gasteiger partial charge is 0.339 e. The molecular weight excluding hydrogens is 430 g/mol. The maximum Gasteiger partial charge on any atom is 0.339 e. The van der Waals surface area contributed by atoms with E-state index in [4.69, 9.17) is 4.74 Å². The summed E-state index contributed by atoms with van der Waals surface area (Å²) in [6, 6.07) is 10.8. The highest BCUT2D eigenvalue weighted by Gasteiger charge is 2.21. The molecule has 0 aliphatic carbocycles. The molecular formula is C28H35NO5. The third-order valence-corrected chi connectivity index (χ3v) is 5.42. The van der Waals surface area contributed by atoms with Crippen LogP contribution in [0, 0.1) is 0 Å². The molecule has 0 heterocycles. The Morgan fingerprint density at radius 3 is 2.12 bits per heavy atom. The lowest BCUT2D eigenvalue weighted by molar-refractivity contribution is -0.109. The van der Waals surface area contributed by atoms with E-state index in [9.17, 15) is 19.5 Å². The minimum absolute atomic E-state index is 0.0412. The molecule has 2 N–H and O–H groups in total. The van der Waals surface area contributed by atoms with Gasteiger partial charge in [0, 0.05) is 12.1 Å². The Morgan fingerprint density at radius 2 is 1.59 bits per heavy atom. The van der Waals surface area contributed by atoms with Crippen LogP contribution in [0.15, 0.2) is 42.5 Å². The normalized spacial score (nSPS) is 11.9. The van der Waals surface area contributed by atoms with Gasteiger partial charge in [0.15, 0.2) is 5.78 Å². The van der Waals surface area contributed by atoms with Crippen LogP contribution in [-0.2, 0) is 15.6 Å². The Hall–Kier alpha value is -3.41. The highest BCUT2D eigenvalue weighted by Crippen LogP contribution is 2.30. The summed E-state index contributed by atoms with van der Waals surface area (Å²) in [5.41, 5.74) is 3.32. The average Bonchev–Trinajstić information content (AvgIpc) is 2.75.